The van der Waals surface area contributed by atoms with Crippen molar-refractivity contribution >= 4 is 73.7 Å². The molecule has 6 aromatic rings. The second kappa shape index (κ2) is 26.3. The molecule has 4 heterocycles. The highest BCUT2D eigenvalue weighted by molar-refractivity contribution is 7.79. The van der Waals surface area contributed by atoms with E-state index in [1.807, 2.05) is 95.9 Å². The number of nitrogens with two attached hydrogens (primary N) is 1. The third-order valence-corrected chi connectivity index (χ3v) is 17.4. The van der Waals surface area contributed by atoms with Gasteiger partial charge in [0.25, 0.3) is 0 Å². The zero-order valence-corrected chi connectivity index (χ0v) is 49.9. The van der Waals surface area contributed by atoms with Crippen molar-refractivity contribution in [1.29, 1.82) is 0 Å². The molecule has 0 radical (unpaired) electrons. The molecule has 9 rings (SSSR count). The summed E-state index contributed by atoms with van der Waals surface area (Å²) in [6.45, 7) is 13.8. The van der Waals surface area contributed by atoms with Gasteiger partial charge in [-0.05, 0) is 122 Å². The molecule has 3 atom stereocenters. The number of hydrogen-bond donors (Lipinski definition) is 3. The maximum absolute atomic E-state index is 13.8. The summed E-state index contributed by atoms with van der Waals surface area (Å²) in [5, 5.41) is 3.65. The predicted molar refractivity (Wildman–Crippen MR) is 326 cm³/mol. The highest BCUT2D eigenvalue weighted by Gasteiger charge is 2.45. The Bertz CT molecular complexity index is 3570. The molecular weight excluding hydrogens is 1090 g/mol. The molecule has 0 saturated carbocycles. The van der Waals surface area contributed by atoms with Crippen LogP contribution in [0.5, 0.6) is 17.2 Å². The second-order valence-electron chi connectivity index (χ2n) is 21.9. The first kappa shape index (κ1) is 59.9. The number of carbonyl (C=O) groups excluding carboxylic acids is 2. The number of carbonyl (C=O) groups is 2. The number of aryl methyl sites for hydroxylation is 1. The van der Waals surface area contributed by atoms with Crippen LogP contribution in [0.2, 0.25) is 0 Å². The molecule has 1 aromatic heterocycles. The van der Waals surface area contributed by atoms with Gasteiger partial charge in [-0.3, -0.25) is 13.8 Å². The lowest BCUT2D eigenvalue weighted by Gasteiger charge is -2.42. The lowest BCUT2D eigenvalue weighted by molar-refractivity contribution is -0.438. The number of nitrogen functional groups attached to an aromatic ring is 1. The van der Waals surface area contributed by atoms with Gasteiger partial charge >= 0.3 is 0 Å². The first-order valence-corrected chi connectivity index (χ1v) is 30.4. The Hall–Kier alpha value is -7.71. The molecule has 0 aliphatic carbocycles. The van der Waals surface area contributed by atoms with Gasteiger partial charge in [0, 0.05) is 96.3 Å². The molecule has 2 amide bonds. The Morgan fingerprint density at radius 2 is 1.60 bits per heavy atom. The number of hydrogen-bond acceptors (Lipinski definition) is 13. The summed E-state index contributed by atoms with van der Waals surface area (Å²) in [5.41, 5.74) is 14.3. The summed E-state index contributed by atoms with van der Waals surface area (Å²) in [5.74, 6) is 2.37. The number of anilines is 3. The molecule has 5 aromatic carbocycles. The Morgan fingerprint density at radius 1 is 0.843 bits per heavy atom. The van der Waals surface area contributed by atoms with E-state index in [0.29, 0.717) is 103 Å². The minimum Gasteiger partial charge on any atom is -0.768 e. The average molecular weight is 1160 g/mol. The van der Waals surface area contributed by atoms with Crippen LogP contribution in [0.3, 0.4) is 0 Å². The molecule has 3 aliphatic rings. The quantitative estimate of drug-likeness (QED) is 0.0236. The number of allylic oxidation sites excluding steroid dienone is 6. The minimum atomic E-state index is -2.32. The molecule has 17 nitrogen and oxygen atoms in total. The lowest BCUT2D eigenvalue weighted by Crippen LogP contribution is -2.51. The summed E-state index contributed by atoms with van der Waals surface area (Å²) in [6.07, 6.45) is 13.9. The van der Waals surface area contributed by atoms with Crippen LogP contribution in [0.4, 0.5) is 23.1 Å². The van der Waals surface area contributed by atoms with E-state index in [0.717, 1.165) is 64.4 Å². The van der Waals surface area contributed by atoms with Crippen molar-refractivity contribution in [2.24, 2.45) is 0 Å². The van der Waals surface area contributed by atoms with Gasteiger partial charge in [-0.1, -0.05) is 74.5 Å². The van der Waals surface area contributed by atoms with Gasteiger partial charge in [0.1, 0.15) is 24.7 Å². The maximum atomic E-state index is 13.8. The normalized spacial score (nSPS) is 17.6. The Labute approximate surface area is 491 Å². The van der Waals surface area contributed by atoms with Crippen molar-refractivity contribution in [3.8, 4) is 17.2 Å². The molecule has 0 bridgehead atoms. The van der Waals surface area contributed by atoms with E-state index in [9.17, 15) is 27.1 Å². The average Bonchev–Trinajstić information content (AvgIpc) is 2.74. The van der Waals surface area contributed by atoms with Gasteiger partial charge in [-0.15, -0.1) is 0 Å². The van der Waals surface area contributed by atoms with E-state index >= 15 is 0 Å². The summed E-state index contributed by atoms with van der Waals surface area (Å²) < 4.78 is 65.5. The van der Waals surface area contributed by atoms with Crippen molar-refractivity contribution in [2.45, 2.75) is 99.8 Å². The van der Waals surface area contributed by atoms with Crippen molar-refractivity contribution in [2.75, 3.05) is 75.6 Å². The van der Waals surface area contributed by atoms with E-state index in [-0.39, 0.29) is 29.4 Å². The number of amides is 2. The Morgan fingerprint density at radius 3 is 2.35 bits per heavy atom. The smallest absolute Gasteiger partial charge is 0.228 e. The van der Waals surface area contributed by atoms with E-state index in [1.165, 1.54) is 0 Å². The summed E-state index contributed by atoms with van der Waals surface area (Å²) >= 11 is -4.46. The molecule has 436 valence electrons. The van der Waals surface area contributed by atoms with Crippen molar-refractivity contribution in [3.63, 3.8) is 0 Å². The molecule has 3 aliphatic heterocycles. The van der Waals surface area contributed by atoms with Crippen LogP contribution in [0.15, 0.2) is 149 Å². The molecule has 3 unspecified atom stereocenters. The lowest BCUT2D eigenvalue weighted by atomic mass is 9.81. The van der Waals surface area contributed by atoms with Gasteiger partial charge in [0.15, 0.2) is 28.3 Å². The Balaban J connectivity index is 0.813. The number of likely N-dealkylation sites (N-methyl/N-ethyl adjacent to an activating group) is 1. The summed E-state index contributed by atoms with van der Waals surface area (Å²) in [4.78, 5) is 43.5. The van der Waals surface area contributed by atoms with Crippen LogP contribution in [0.25, 0.3) is 10.9 Å². The fourth-order valence-corrected chi connectivity index (χ4v) is 12.4. The number of benzene rings is 5. The fourth-order valence-electron chi connectivity index (χ4n) is 11.6. The first-order chi connectivity index (χ1) is 39.9. The highest BCUT2D eigenvalue weighted by Crippen LogP contribution is 2.48. The number of methoxy groups -OCH3 is 2. The molecule has 83 heavy (non-hydrogen) atoms. The van der Waals surface area contributed by atoms with Crippen LogP contribution in [0.1, 0.15) is 95.0 Å². The largest absolute Gasteiger partial charge is 0.768 e. The van der Waals surface area contributed by atoms with E-state index in [2.05, 4.69) is 66.5 Å². The number of aromatic nitrogens is 2. The van der Waals surface area contributed by atoms with E-state index in [1.54, 1.807) is 44.6 Å². The number of rotatable bonds is 23. The number of fused-ring (bicyclic) bond motifs is 3. The number of unbranched alkanes of at least 4 members (excludes halogenated alkanes) is 2. The van der Waals surface area contributed by atoms with Gasteiger partial charge in [-0.2, -0.15) is 9.56 Å². The summed E-state index contributed by atoms with van der Waals surface area (Å²) in [7, 11) is 3.13. The SMILES string of the molecule is CCN1C(=CC=CC=CC2=[N+](CCCCCC(=O)NCCOc3cccc(C4CN(C(=O)CCc5ccccc5)CCN4c4nc(N)c5cc(OC)c(OC)cc5n4)c3)c3ccc(S(=O)O)cc3C2(C)C)C(C)(C)c2cc(S(=O)[O-])ccc21. The Kier molecular flexibility index (Phi) is 18.9. The molecule has 19 heteroatoms. The zero-order valence-electron chi connectivity index (χ0n) is 48.3. The van der Waals surface area contributed by atoms with E-state index in [4.69, 9.17) is 29.9 Å². The van der Waals surface area contributed by atoms with Crippen LogP contribution >= 0.6 is 0 Å². The zero-order chi connectivity index (χ0) is 59.0. The van der Waals surface area contributed by atoms with Gasteiger partial charge in [0.05, 0.1) is 42.6 Å². The van der Waals surface area contributed by atoms with Gasteiger partial charge < -0.3 is 49.1 Å². The highest BCUT2D eigenvalue weighted by atomic mass is 32.2. The van der Waals surface area contributed by atoms with Crippen molar-refractivity contribution in [1.82, 2.24) is 20.2 Å². The predicted octanol–water partition coefficient (Wildman–Crippen LogP) is 10.0. The van der Waals surface area contributed by atoms with Crippen LogP contribution in [0, 0.1) is 0 Å². The van der Waals surface area contributed by atoms with Crippen LogP contribution < -0.4 is 35.1 Å². The van der Waals surface area contributed by atoms with Crippen LogP contribution in [-0.2, 0) is 49.0 Å². The van der Waals surface area contributed by atoms with Crippen molar-refractivity contribution in [3.05, 3.63) is 161 Å². The maximum Gasteiger partial charge on any atom is 0.228 e. The molecule has 0 spiro atoms. The van der Waals surface area contributed by atoms with E-state index < -0.39 is 33.0 Å². The first-order valence-electron chi connectivity index (χ1n) is 28.2. The van der Waals surface area contributed by atoms with Gasteiger partial charge in [0.2, 0.25) is 23.5 Å². The number of nitrogens with zero attached hydrogens (tertiary/aromatic N) is 6. The van der Waals surface area contributed by atoms with Gasteiger partial charge in [-0.25, -0.2) is 9.19 Å². The standard InChI is InChI=1S/C64H74N8O9S2/c1-8-70-52-29-27-46(82(75)76)38-49(52)63(2,3)57(70)23-14-10-15-24-58-64(4,5)50-39-47(83(77)78)28-30-53(50)71(58)33-17-11-16-25-59(73)66-32-36-81-45-22-18-21-44(37-45)54-42-69(60(74)31-26-43-19-12-9-13-20-43)34-35-72(54)62-67-51-41-56(80-7)55(79-6)40-48(51)61(65)68-62/h9-10,12-15,18-24,27-30,37-41,54H,8,11,16-17,25-26,31-36,42H2,1-7H3,(H4-,65,66,67,68,73,75,76,77,78). The number of piperazine rings is 1. The second-order valence-corrected chi connectivity index (χ2v) is 23.8. The number of ether oxygens (including phenoxy) is 3. The molecule has 1 saturated heterocycles. The van der Waals surface area contributed by atoms with Crippen LogP contribution in [-0.4, -0.2) is 115 Å². The topological polar surface area (TPSA) is 216 Å². The molecule has 4 N–H and O–H groups in total. The molecule has 1 fully saturated rings. The monoisotopic (exact) mass is 1160 g/mol. The number of nitrogens with one attached hydrogen (secondary N) is 1. The third-order valence-electron chi connectivity index (χ3n) is 16.1. The molecular formula is C64H74N8O9S2. The van der Waals surface area contributed by atoms with Crippen molar-refractivity contribution < 1.29 is 45.9 Å². The minimum absolute atomic E-state index is 0.0624. The third kappa shape index (κ3) is 13.2. The summed E-state index contributed by atoms with van der Waals surface area (Å²) in [6, 6.07) is 31.7. The fraction of sp³-hybridized carbons (Fsp3) is 0.359.